The van der Waals surface area contributed by atoms with Crippen molar-refractivity contribution in [2.45, 2.75) is 4.90 Å². The Morgan fingerprint density at radius 1 is 1.37 bits per heavy atom. The SMILES string of the molecule is CSc1ccc(C(=O)N(C)c2cccnc2)cc1F. The monoisotopic (exact) mass is 276 g/mol. The van der Waals surface area contributed by atoms with Gasteiger partial charge in [0, 0.05) is 23.7 Å². The predicted octanol–water partition coefficient (Wildman–Crippen LogP) is 3.22. The normalized spacial score (nSPS) is 10.3. The lowest BCUT2D eigenvalue weighted by atomic mass is 10.2. The van der Waals surface area contributed by atoms with Crippen LogP contribution in [0.3, 0.4) is 0 Å². The third-order valence-corrected chi connectivity index (χ3v) is 3.51. The smallest absolute Gasteiger partial charge is 0.258 e. The summed E-state index contributed by atoms with van der Waals surface area (Å²) in [6, 6.07) is 8.03. The Balaban J connectivity index is 2.27. The lowest BCUT2D eigenvalue weighted by Crippen LogP contribution is -2.26. The summed E-state index contributed by atoms with van der Waals surface area (Å²) < 4.78 is 13.7. The van der Waals surface area contributed by atoms with Crippen LogP contribution in [0.25, 0.3) is 0 Å². The number of nitrogens with zero attached hydrogens (tertiary/aromatic N) is 2. The Labute approximate surface area is 115 Å². The van der Waals surface area contributed by atoms with Gasteiger partial charge in [0.1, 0.15) is 5.82 Å². The van der Waals surface area contributed by atoms with Crippen molar-refractivity contribution >= 4 is 23.4 Å². The Hall–Kier alpha value is -1.88. The standard InChI is InChI=1S/C14H13FN2OS/c1-17(11-4-3-7-16-9-11)14(18)10-5-6-13(19-2)12(15)8-10/h3-9H,1-2H3. The zero-order valence-corrected chi connectivity index (χ0v) is 11.4. The number of halogens is 1. The lowest BCUT2D eigenvalue weighted by molar-refractivity contribution is 0.0992. The Kier molecular flexibility index (Phi) is 4.16. The maximum absolute atomic E-state index is 13.7. The van der Waals surface area contributed by atoms with Gasteiger partial charge < -0.3 is 4.90 Å². The predicted molar refractivity (Wildman–Crippen MR) is 75.2 cm³/mol. The van der Waals surface area contributed by atoms with Crippen molar-refractivity contribution in [1.29, 1.82) is 0 Å². The number of hydrogen-bond acceptors (Lipinski definition) is 3. The summed E-state index contributed by atoms with van der Waals surface area (Å²) in [4.78, 5) is 18.2. The molecule has 1 aromatic carbocycles. The van der Waals surface area contributed by atoms with Crippen LogP contribution >= 0.6 is 11.8 Å². The van der Waals surface area contributed by atoms with Crippen molar-refractivity contribution in [3.8, 4) is 0 Å². The summed E-state index contributed by atoms with van der Waals surface area (Å²) in [6.07, 6.45) is 5.01. The van der Waals surface area contributed by atoms with Gasteiger partial charge in [0.25, 0.3) is 5.91 Å². The number of hydrogen-bond donors (Lipinski definition) is 0. The molecule has 0 unspecified atom stereocenters. The van der Waals surface area contributed by atoms with E-state index in [-0.39, 0.29) is 11.7 Å². The number of amides is 1. The zero-order valence-electron chi connectivity index (χ0n) is 10.6. The quantitative estimate of drug-likeness (QED) is 0.807. The first-order valence-corrected chi connectivity index (χ1v) is 6.87. The maximum Gasteiger partial charge on any atom is 0.258 e. The summed E-state index contributed by atoms with van der Waals surface area (Å²) in [5, 5.41) is 0. The van der Waals surface area contributed by atoms with E-state index in [0.717, 1.165) is 0 Å². The first kappa shape index (κ1) is 13.5. The second-order valence-electron chi connectivity index (χ2n) is 3.92. The molecular formula is C14H13FN2OS. The second-order valence-corrected chi connectivity index (χ2v) is 4.77. The highest BCUT2D eigenvalue weighted by Crippen LogP contribution is 2.21. The number of carbonyl (C=O) groups is 1. The van der Waals surface area contributed by atoms with E-state index >= 15 is 0 Å². The molecule has 0 aliphatic heterocycles. The van der Waals surface area contributed by atoms with E-state index in [0.29, 0.717) is 16.1 Å². The van der Waals surface area contributed by atoms with E-state index in [4.69, 9.17) is 0 Å². The largest absolute Gasteiger partial charge is 0.310 e. The first-order valence-electron chi connectivity index (χ1n) is 5.65. The molecule has 98 valence electrons. The van der Waals surface area contributed by atoms with E-state index < -0.39 is 0 Å². The minimum absolute atomic E-state index is 0.264. The van der Waals surface area contributed by atoms with Gasteiger partial charge >= 0.3 is 0 Å². The number of anilines is 1. The Morgan fingerprint density at radius 2 is 2.16 bits per heavy atom. The fourth-order valence-electron chi connectivity index (χ4n) is 1.66. The molecule has 1 heterocycles. The average Bonchev–Trinajstić information content (AvgIpc) is 2.46. The summed E-state index contributed by atoms with van der Waals surface area (Å²) >= 11 is 1.31. The van der Waals surface area contributed by atoms with E-state index in [1.807, 2.05) is 0 Å². The van der Waals surface area contributed by atoms with Crippen molar-refractivity contribution in [3.63, 3.8) is 0 Å². The van der Waals surface area contributed by atoms with Gasteiger partial charge in [-0.3, -0.25) is 9.78 Å². The van der Waals surface area contributed by atoms with Gasteiger partial charge in [0.05, 0.1) is 11.9 Å². The molecule has 0 atom stereocenters. The number of thioether (sulfide) groups is 1. The summed E-state index contributed by atoms with van der Waals surface area (Å²) in [7, 11) is 1.64. The molecule has 0 saturated heterocycles. The van der Waals surface area contributed by atoms with E-state index in [1.165, 1.54) is 22.7 Å². The number of rotatable bonds is 3. The van der Waals surface area contributed by atoms with Crippen LogP contribution in [-0.2, 0) is 0 Å². The molecule has 0 aliphatic rings. The Morgan fingerprint density at radius 3 is 2.74 bits per heavy atom. The molecule has 0 saturated carbocycles. The van der Waals surface area contributed by atoms with Gasteiger partial charge in [0.15, 0.2) is 0 Å². The molecule has 0 N–H and O–H groups in total. The number of pyridine rings is 1. The molecule has 0 bridgehead atoms. The second kappa shape index (κ2) is 5.84. The molecular weight excluding hydrogens is 263 g/mol. The Bertz CT molecular complexity index is 589. The van der Waals surface area contributed by atoms with Crippen LogP contribution in [0.5, 0.6) is 0 Å². The van der Waals surface area contributed by atoms with Crippen molar-refractivity contribution in [1.82, 2.24) is 4.98 Å². The average molecular weight is 276 g/mol. The van der Waals surface area contributed by atoms with Crippen molar-refractivity contribution in [2.75, 3.05) is 18.2 Å². The van der Waals surface area contributed by atoms with E-state index in [2.05, 4.69) is 4.98 Å². The van der Waals surface area contributed by atoms with Crippen molar-refractivity contribution < 1.29 is 9.18 Å². The van der Waals surface area contributed by atoms with Gasteiger partial charge in [0.2, 0.25) is 0 Å². The fourth-order valence-corrected chi connectivity index (χ4v) is 2.12. The molecule has 3 nitrogen and oxygen atoms in total. The maximum atomic E-state index is 13.7. The molecule has 19 heavy (non-hydrogen) atoms. The van der Waals surface area contributed by atoms with Crippen LogP contribution in [-0.4, -0.2) is 24.2 Å². The molecule has 0 radical (unpaired) electrons. The van der Waals surface area contributed by atoms with E-state index in [9.17, 15) is 9.18 Å². The number of benzene rings is 1. The molecule has 0 fully saturated rings. The third-order valence-electron chi connectivity index (χ3n) is 2.74. The molecule has 2 aromatic rings. The van der Waals surface area contributed by atoms with Gasteiger partial charge in [-0.2, -0.15) is 0 Å². The molecule has 1 amide bonds. The number of aromatic nitrogens is 1. The number of carbonyl (C=O) groups excluding carboxylic acids is 1. The minimum Gasteiger partial charge on any atom is -0.310 e. The van der Waals surface area contributed by atoms with Crippen LogP contribution in [0.1, 0.15) is 10.4 Å². The van der Waals surface area contributed by atoms with Crippen molar-refractivity contribution in [2.24, 2.45) is 0 Å². The molecule has 0 spiro atoms. The highest BCUT2D eigenvalue weighted by molar-refractivity contribution is 7.98. The third kappa shape index (κ3) is 2.93. The zero-order chi connectivity index (χ0) is 13.8. The summed E-state index contributed by atoms with van der Waals surface area (Å²) in [5.41, 5.74) is 0.989. The minimum atomic E-state index is -0.377. The van der Waals surface area contributed by atoms with Gasteiger partial charge in [-0.25, -0.2) is 4.39 Å². The topological polar surface area (TPSA) is 33.2 Å². The molecule has 0 aliphatic carbocycles. The van der Waals surface area contributed by atoms with Crippen LogP contribution in [0.4, 0.5) is 10.1 Å². The lowest BCUT2D eigenvalue weighted by Gasteiger charge is -2.17. The molecule has 1 aromatic heterocycles. The van der Waals surface area contributed by atoms with Crippen LogP contribution < -0.4 is 4.90 Å². The summed E-state index contributed by atoms with van der Waals surface area (Å²) in [6.45, 7) is 0. The highest BCUT2D eigenvalue weighted by atomic mass is 32.2. The first-order chi connectivity index (χ1) is 9.13. The van der Waals surface area contributed by atoms with Gasteiger partial charge in [-0.15, -0.1) is 11.8 Å². The summed E-state index contributed by atoms with van der Waals surface area (Å²) in [5.74, 6) is -0.641. The van der Waals surface area contributed by atoms with Crippen LogP contribution in [0.15, 0.2) is 47.6 Å². The molecule has 2 rings (SSSR count). The fraction of sp³-hybridized carbons (Fsp3) is 0.143. The van der Waals surface area contributed by atoms with E-state index in [1.54, 1.807) is 50.0 Å². The van der Waals surface area contributed by atoms with Crippen molar-refractivity contribution in [3.05, 3.63) is 54.1 Å². The van der Waals surface area contributed by atoms with Crippen LogP contribution in [0.2, 0.25) is 0 Å². The molecule has 5 heteroatoms. The van der Waals surface area contributed by atoms with Gasteiger partial charge in [-0.1, -0.05) is 0 Å². The van der Waals surface area contributed by atoms with Crippen LogP contribution in [0, 0.1) is 5.82 Å². The van der Waals surface area contributed by atoms with Gasteiger partial charge in [-0.05, 0) is 36.6 Å². The highest BCUT2D eigenvalue weighted by Gasteiger charge is 2.15.